The molecule has 0 N–H and O–H groups in total. The van der Waals surface area contributed by atoms with E-state index in [1.807, 2.05) is 69.2 Å². The number of halogens is 1. The topological polar surface area (TPSA) is 42.0 Å². The van der Waals surface area contributed by atoms with Crippen molar-refractivity contribution in [1.29, 1.82) is 0 Å². The molecule has 7 heteroatoms. The van der Waals surface area contributed by atoms with Gasteiger partial charge in [-0.2, -0.15) is 0 Å². The summed E-state index contributed by atoms with van der Waals surface area (Å²) >= 11 is 8.01. The Morgan fingerprint density at radius 3 is 2.55 bits per heavy atom. The number of hydrogen-bond donors (Lipinski definition) is 0. The minimum absolute atomic E-state index is 0.0419. The summed E-state index contributed by atoms with van der Waals surface area (Å²) in [5, 5.41) is 0.571. The highest BCUT2D eigenvalue weighted by Crippen LogP contribution is 2.53. The van der Waals surface area contributed by atoms with Crippen molar-refractivity contribution in [3.63, 3.8) is 0 Å². The average Bonchev–Trinajstić information content (AvgIpc) is 3.19. The van der Waals surface area contributed by atoms with Crippen molar-refractivity contribution in [2.75, 3.05) is 40.3 Å². The third-order valence-corrected chi connectivity index (χ3v) is 7.03. The molecule has 0 fully saturated rings. The van der Waals surface area contributed by atoms with Crippen LogP contribution < -0.4 is 9.47 Å². The van der Waals surface area contributed by atoms with Crippen LogP contribution in [0.5, 0.6) is 17.2 Å². The van der Waals surface area contributed by atoms with Gasteiger partial charge in [-0.15, -0.1) is 11.3 Å². The van der Waals surface area contributed by atoms with Gasteiger partial charge in [0.25, 0.3) is 5.91 Å². The number of hydrogen-bond acceptors (Lipinski definition) is 5. The molecule has 2 heterocycles. The number of rotatable bonds is 8. The zero-order valence-corrected chi connectivity index (χ0v) is 21.1. The summed E-state index contributed by atoms with van der Waals surface area (Å²) < 4.78 is 12.6. The first kappa shape index (κ1) is 23.6. The molecule has 4 rings (SSSR count). The summed E-state index contributed by atoms with van der Waals surface area (Å²) in [5.74, 6) is 2.03. The van der Waals surface area contributed by atoms with Crippen LogP contribution in [0.2, 0.25) is 5.02 Å². The highest BCUT2D eigenvalue weighted by Gasteiger charge is 2.28. The number of thiophene rings is 1. The largest absolute Gasteiger partial charge is 0.490 e. The molecule has 33 heavy (non-hydrogen) atoms. The number of ether oxygens (including phenoxy) is 2. The van der Waals surface area contributed by atoms with Crippen molar-refractivity contribution in [3.8, 4) is 38.8 Å². The monoisotopic (exact) mass is 484 g/mol. The molecule has 0 radical (unpaired) electrons. The molecular formula is C26H29ClN2O3S. The first-order chi connectivity index (χ1) is 15.9. The second kappa shape index (κ2) is 10.2. The Bertz CT molecular complexity index is 1150. The minimum atomic E-state index is 0.0419. The molecule has 1 aliphatic heterocycles. The van der Waals surface area contributed by atoms with Crippen molar-refractivity contribution in [2.24, 2.45) is 0 Å². The van der Waals surface area contributed by atoms with Crippen molar-refractivity contribution in [2.45, 2.75) is 20.3 Å². The molecule has 0 bridgehead atoms. The highest BCUT2D eigenvalue weighted by molar-refractivity contribution is 7.18. The Balaban J connectivity index is 1.82. The fourth-order valence-corrected chi connectivity index (χ4v) is 5.33. The third-order valence-electron chi connectivity index (χ3n) is 5.65. The second-order valence-corrected chi connectivity index (χ2v) is 9.70. The smallest absolute Gasteiger partial charge is 0.263 e. The van der Waals surface area contributed by atoms with E-state index in [2.05, 4.69) is 4.90 Å². The van der Waals surface area contributed by atoms with Gasteiger partial charge in [-0.1, -0.05) is 29.8 Å². The van der Waals surface area contributed by atoms with Crippen molar-refractivity contribution >= 4 is 28.8 Å². The standard InChI is InChI=1S/C26H29ClN2O3S/c1-5-29(6-2)26(30)23-16-19-18-10-7-8-11-21(18)32-24-20(25(19)33-23)14-17(27)15-22(24)31-13-9-12-28(3)4/h7-8,10-11,14-16H,5-6,9,12-13H2,1-4H3. The lowest BCUT2D eigenvalue weighted by Crippen LogP contribution is -2.29. The maximum atomic E-state index is 13.1. The number of para-hydroxylation sites is 1. The van der Waals surface area contributed by atoms with Gasteiger partial charge in [0.05, 0.1) is 11.5 Å². The average molecular weight is 485 g/mol. The molecule has 5 nitrogen and oxygen atoms in total. The van der Waals surface area contributed by atoms with E-state index in [1.165, 1.54) is 11.3 Å². The Morgan fingerprint density at radius 2 is 1.82 bits per heavy atom. The minimum Gasteiger partial charge on any atom is -0.490 e. The summed E-state index contributed by atoms with van der Waals surface area (Å²) in [4.78, 5) is 18.8. The van der Waals surface area contributed by atoms with Gasteiger partial charge in [-0.25, -0.2) is 0 Å². The molecular weight excluding hydrogens is 456 g/mol. The van der Waals surface area contributed by atoms with Crippen LogP contribution in [0.1, 0.15) is 29.9 Å². The summed E-state index contributed by atoms with van der Waals surface area (Å²) in [7, 11) is 4.09. The lowest BCUT2D eigenvalue weighted by Gasteiger charge is -2.18. The summed E-state index contributed by atoms with van der Waals surface area (Å²) in [6.45, 7) is 6.82. The Hall–Kier alpha value is -2.54. The molecule has 1 aromatic heterocycles. The van der Waals surface area contributed by atoms with E-state index in [-0.39, 0.29) is 5.91 Å². The molecule has 0 atom stereocenters. The van der Waals surface area contributed by atoms with E-state index in [9.17, 15) is 4.79 Å². The summed E-state index contributed by atoms with van der Waals surface area (Å²) in [5.41, 5.74) is 2.78. The van der Waals surface area contributed by atoms with Crippen LogP contribution in [0.25, 0.3) is 21.6 Å². The van der Waals surface area contributed by atoms with Crippen LogP contribution in [-0.2, 0) is 0 Å². The first-order valence-electron chi connectivity index (χ1n) is 11.2. The normalized spacial score (nSPS) is 11.8. The molecule has 0 aliphatic carbocycles. The summed E-state index contributed by atoms with van der Waals surface area (Å²) in [6.07, 6.45) is 0.887. The predicted octanol–water partition coefficient (Wildman–Crippen LogP) is 6.65. The van der Waals surface area contributed by atoms with E-state index in [0.717, 1.165) is 40.3 Å². The van der Waals surface area contributed by atoms with Crippen LogP contribution in [0.15, 0.2) is 42.5 Å². The SMILES string of the molecule is CCN(CC)C(=O)c1cc2c(s1)-c1cc(Cl)cc(OCCCN(C)C)c1Oc1ccccc1-2. The van der Waals surface area contributed by atoms with Gasteiger partial charge >= 0.3 is 0 Å². The zero-order chi connectivity index (χ0) is 23.5. The lowest BCUT2D eigenvalue weighted by molar-refractivity contribution is 0.0778. The molecule has 0 spiro atoms. The van der Waals surface area contributed by atoms with Crippen LogP contribution in [-0.4, -0.2) is 56.0 Å². The summed E-state index contributed by atoms with van der Waals surface area (Å²) in [6, 6.07) is 13.6. The van der Waals surface area contributed by atoms with Crippen LogP contribution >= 0.6 is 22.9 Å². The lowest BCUT2D eigenvalue weighted by atomic mass is 10.0. The van der Waals surface area contributed by atoms with Crippen LogP contribution in [0.4, 0.5) is 0 Å². The van der Waals surface area contributed by atoms with E-state index in [1.54, 1.807) is 6.07 Å². The van der Waals surface area contributed by atoms with Gasteiger partial charge < -0.3 is 19.3 Å². The highest BCUT2D eigenvalue weighted by atomic mass is 35.5. The van der Waals surface area contributed by atoms with Crippen LogP contribution in [0.3, 0.4) is 0 Å². The molecule has 1 amide bonds. The molecule has 2 aromatic carbocycles. The molecule has 0 saturated carbocycles. The van der Waals surface area contributed by atoms with Gasteiger partial charge in [-0.05, 0) is 52.6 Å². The fraction of sp³-hybridized carbons (Fsp3) is 0.346. The second-order valence-electron chi connectivity index (χ2n) is 8.22. The Morgan fingerprint density at radius 1 is 1.06 bits per heavy atom. The van der Waals surface area contributed by atoms with Crippen molar-refractivity contribution < 1.29 is 14.3 Å². The number of amides is 1. The van der Waals surface area contributed by atoms with Crippen LogP contribution in [0, 0.1) is 0 Å². The maximum absolute atomic E-state index is 13.1. The number of carbonyl (C=O) groups is 1. The zero-order valence-electron chi connectivity index (χ0n) is 19.5. The van der Waals surface area contributed by atoms with Crippen molar-refractivity contribution in [1.82, 2.24) is 9.80 Å². The van der Waals surface area contributed by atoms with Gasteiger partial charge in [0.15, 0.2) is 11.5 Å². The van der Waals surface area contributed by atoms with Gasteiger partial charge in [0.2, 0.25) is 0 Å². The number of benzene rings is 2. The van der Waals surface area contributed by atoms with Gasteiger partial charge in [0.1, 0.15) is 5.75 Å². The van der Waals surface area contributed by atoms with E-state index < -0.39 is 0 Å². The predicted molar refractivity (Wildman–Crippen MR) is 136 cm³/mol. The molecule has 3 aromatic rings. The first-order valence-corrected chi connectivity index (χ1v) is 12.4. The quantitative estimate of drug-likeness (QED) is 0.262. The number of carbonyl (C=O) groups excluding carboxylic acids is 1. The number of nitrogens with zero attached hydrogens (tertiary/aromatic N) is 2. The molecule has 0 unspecified atom stereocenters. The van der Waals surface area contributed by atoms with Crippen molar-refractivity contribution in [3.05, 3.63) is 52.4 Å². The van der Waals surface area contributed by atoms with Gasteiger partial charge in [-0.3, -0.25) is 4.79 Å². The molecule has 0 saturated heterocycles. The van der Waals surface area contributed by atoms with E-state index in [4.69, 9.17) is 21.1 Å². The molecule has 1 aliphatic rings. The van der Waals surface area contributed by atoms with Gasteiger partial charge in [0, 0.05) is 52.3 Å². The third kappa shape index (κ3) is 4.88. The van der Waals surface area contributed by atoms with E-state index in [0.29, 0.717) is 41.1 Å². The Labute approximate surface area is 204 Å². The number of fused-ring (bicyclic) bond motifs is 5. The Kier molecular flexibility index (Phi) is 7.27. The molecule has 174 valence electrons. The maximum Gasteiger partial charge on any atom is 0.263 e. The van der Waals surface area contributed by atoms with E-state index >= 15 is 0 Å². The fourth-order valence-electron chi connectivity index (χ4n) is 3.96.